The molecule has 6 nitrogen and oxygen atoms in total. The average molecular weight is 404 g/mol. The topological polar surface area (TPSA) is 86.9 Å². The molecule has 2 aromatic heterocycles. The molecule has 1 amide bonds. The second kappa shape index (κ2) is 7.40. The van der Waals surface area contributed by atoms with Gasteiger partial charge in [-0.15, -0.1) is 0 Å². The van der Waals surface area contributed by atoms with Gasteiger partial charge in [-0.05, 0) is 43.5 Å². The fourth-order valence-corrected chi connectivity index (χ4v) is 3.91. The van der Waals surface area contributed by atoms with Gasteiger partial charge in [-0.25, -0.2) is 9.37 Å². The number of ketones is 1. The minimum atomic E-state index is -1.06. The number of aryl methyl sites for hydroxylation is 1. The first-order chi connectivity index (χ1) is 14.6. The number of aromatic amines is 1. The van der Waals surface area contributed by atoms with Crippen LogP contribution in [0.25, 0.3) is 11.3 Å². The zero-order chi connectivity index (χ0) is 20.7. The number of carbonyl (C=O) groups is 2. The van der Waals surface area contributed by atoms with E-state index in [1.807, 2.05) is 36.4 Å². The molecule has 2 heterocycles. The van der Waals surface area contributed by atoms with Crippen molar-refractivity contribution in [2.24, 2.45) is 5.92 Å². The molecule has 152 valence electrons. The van der Waals surface area contributed by atoms with Crippen LogP contribution in [0, 0.1) is 5.92 Å². The SMILES string of the molecule is O=C1CCCc2[nH]c(-c3ccnc(NC(=O)C4C[C@@H]4F)c3)c(Nc3ccccc3)c21. The number of benzene rings is 1. The number of Topliss-reactive ketones (excluding diaryl/α,β-unsaturated/α-hetero) is 1. The van der Waals surface area contributed by atoms with Crippen LogP contribution in [0.5, 0.6) is 0 Å². The summed E-state index contributed by atoms with van der Waals surface area (Å²) in [4.78, 5) is 32.4. The minimum Gasteiger partial charge on any atom is -0.356 e. The molecule has 1 aromatic carbocycles. The summed E-state index contributed by atoms with van der Waals surface area (Å²) in [6, 6.07) is 13.2. The summed E-state index contributed by atoms with van der Waals surface area (Å²) >= 11 is 0. The number of rotatable bonds is 5. The summed E-state index contributed by atoms with van der Waals surface area (Å²) < 4.78 is 13.2. The van der Waals surface area contributed by atoms with Crippen LogP contribution >= 0.6 is 0 Å². The number of hydrogen-bond acceptors (Lipinski definition) is 4. The molecule has 2 aliphatic carbocycles. The van der Waals surface area contributed by atoms with E-state index in [0.29, 0.717) is 17.8 Å². The average Bonchev–Trinajstić information content (AvgIpc) is 3.37. The Balaban J connectivity index is 1.53. The number of amides is 1. The van der Waals surface area contributed by atoms with Crippen molar-refractivity contribution in [1.29, 1.82) is 0 Å². The van der Waals surface area contributed by atoms with Gasteiger partial charge in [-0.1, -0.05) is 18.2 Å². The van der Waals surface area contributed by atoms with Crippen molar-refractivity contribution in [3.63, 3.8) is 0 Å². The highest BCUT2D eigenvalue weighted by molar-refractivity contribution is 6.07. The smallest absolute Gasteiger partial charge is 0.231 e. The Kier molecular flexibility index (Phi) is 4.58. The summed E-state index contributed by atoms with van der Waals surface area (Å²) in [5.74, 6) is -0.458. The van der Waals surface area contributed by atoms with E-state index in [1.165, 1.54) is 0 Å². The number of halogens is 1. The van der Waals surface area contributed by atoms with Crippen molar-refractivity contribution >= 4 is 28.9 Å². The number of para-hydroxylation sites is 1. The number of anilines is 3. The Morgan fingerprint density at radius 3 is 2.73 bits per heavy atom. The van der Waals surface area contributed by atoms with Gasteiger partial charge in [-0.3, -0.25) is 9.59 Å². The first kappa shape index (κ1) is 18.5. The van der Waals surface area contributed by atoms with Gasteiger partial charge in [0.2, 0.25) is 5.91 Å². The van der Waals surface area contributed by atoms with Gasteiger partial charge >= 0.3 is 0 Å². The van der Waals surface area contributed by atoms with Crippen LogP contribution in [-0.4, -0.2) is 27.8 Å². The Bertz CT molecular complexity index is 1130. The third-order valence-electron chi connectivity index (χ3n) is 5.58. The van der Waals surface area contributed by atoms with Gasteiger partial charge in [0.25, 0.3) is 0 Å². The monoisotopic (exact) mass is 404 g/mol. The molecule has 3 aromatic rings. The van der Waals surface area contributed by atoms with Crippen LogP contribution in [0.3, 0.4) is 0 Å². The minimum absolute atomic E-state index is 0.113. The molecule has 7 heteroatoms. The van der Waals surface area contributed by atoms with Gasteiger partial charge in [0.15, 0.2) is 5.78 Å². The predicted molar refractivity (Wildman–Crippen MR) is 113 cm³/mol. The summed E-state index contributed by atoms with van der Waals surface area (Å²) in [7, 11) is 0. The number of nitrogens with one attached hydrogen (secondary N) is 3. The normalized spacial score (nSPS) is 19.8. The molecular weight excluding hydrogens is 383 g/mol. The molecule has 30 heavy (non-hydrogen) atoms. The van der Waals surface area contributed by atoms with E-state index in [2.05, 4.69) is 20.6 Å². The van der Waals surface area contributed by atoms with Gasteiger partial charge < -0.3 is 15.6 Å². The highest BCUT2D eigenvalue weighted by Crippen LogP contribution is 2.39. The Hall–Kier alpha value is -3.48. The number of H-pyrrole nitrogens is 1. The maximum absolute atomic E-state index is 13.2. The van der Waals surface area contributed by atoms with Crippen molar-refractivity contribution < 1.29 is 14.0 Å². The van der Waals surface area contributed by atoms with E-state index in [1.54, 1.807) is 12.3 Å². The fraction of sp³-hybridized carbons (Fsp3) is 0.261. The molecule has 2 aliphatic rings. The predicted octanol–water partition coefficient (Wildman–Crippen LogP) is 4.64. The molecule has 5 rings (SSSR count). The van der Waals surface area contributed by atoms with E-state index in [0.717, 1.165) is 41.2 Å². The fourth-order valence-electron chi connectivity index (χ4n) is 3.91. The standard InChI is InChI=1S/C23H21FN4O2/c24-16-12-15(16)23(30)28-19-11-13(9-10-25-19)21-22(26-14-5-2-1-3-6-14)20-17(27-21)7-4-8-18(20)29/h1-3,5-6,9-11,15-16,26-27H,4,7-8,12H2,(H,25,28,30)/t15?,16-/m0/s1. The van der Waals surface area contributed by atoms with Gasteiger partial charge in [0, 0.05) is 29.6 Å². The van der Waals surface area contributed by atoms with Crippen molar-refractivity contribution in [2.75, 3.05) is 10.6 Å². The lowest BCUT2D eigenvalue weighted by atomic mass is 9.95. The molecule has 0 bridgehead atoms. The number of aromatic nitrogens is 2. The maximum Gasteiger partial charge on any atom is 0.231 e. The molecule has 0 saturated heterocycles. The maximum atomic E-state index is 13.2. The molecule has 1 fully saturated rings. The largest absolute Gasteiger partial charge is 0.356 e. The van der Waals surface area contributed by atoms with E-state index < -0.39 is 12.1 Å². The molecular formula is C23H21FN4O2. The zero-order valence-electron chi connectivity index (χ0n) is 16.2. The second-order valence-electron chi connectivity index (χ2n) is 7.77. The van der Waals surface area contributed by atoms with Crippen molar-refractivity contribution in [3.05, 3.63) is 59.9 Å². The summed E-state index contributed by atoms with van der Waals surface area (Å²) in [5, 5.41) is 6.09. The highest BCUT2D eigenvalue weighted by Gasteiger charge is 2.43. The molecule has 0 aliphatic heterocycles. The third-order valence-corrected chi connectivity index (χ3v) is 5.58. The van der Waals surface area contributed by atoms with Gasteiger partial charge in [0.1, 0.15) is 12.0 Å². The van der Waals surface area contributed by atoms with E-state index in [4.69, 9.17) is 0 Å². The number of hydrogen-bond donors (Lipinski definition) is 3. The summed E-state index contributed by atoms with van der Waals surface area (Å²) in [5.41, 5.74) is 4.78. The Morgan fingerprint density at radius 1 is 1.17 bits per heavy atom. The van der Waals surface area contributed by atoms with Crippen LogP contribution < -0.4 is 10.6 Å². The number of carbonyl (C=O) groups excluding carboxylic acids is 2. The second-order valence-corrected chi connectivity index (χ2v) is 7.77. The van der Waals surface area contributed by atoms with E-state index in [-0.39, 0.29) is 18.1 Å². The van der Waals surface area contributed by atoms with Crippen LogP contribution in [0.2, 0.25) is 0 Å². The molecule has 1 saturated carbocycles. The number of alkyl halides is 1. The lowest BCUT2D eigenvalue weighted by molar-refractivity contribution is -0.117. The molecule has 2 atom stereocenters. The quantitative estimate of drug-likeness (QED) is 0.578. The molecule has 0 spiro atoms. The molecule has 1 unspecified atom stereocenters. The summed E-state index contributed by atoms with van der Waals surface area (Å²) in [6.07, 6.45) is 2.95. The summed E-state index contributed by atoms with van der Waals surface area (Å²) in [6.45, 7) is 0. The lowest BCUT2D eigenvalue weighted by Gasteiger charge is -2.14. The number of fused-ring (bicyclic) bond motifs is 1. The molecule has 0 radical (unpaired) electrons. The van der Waals surface area contributed by atoms with Gasteiger partial charge in [0.05, 0.1) is 22.9 Å². The van der Waals surface area contributed by atoms with Crippen LogP contribution in [0.15, 0.2) is 48.7 Å². The number of nitrogens with zero attached hydrogens (tertiary/aromatic N) is 1. The van der Waals surface area contributed by atoms with Crippen LogP contribution in [0.1, 0.15) is 35.3 Å². The van der Waals surface area contributed by atoms with Gasteiger partial charge in [-0.2, -0.15) is 0 Å². The van der Waals surface area contributed by atoms with E-state index >= 15 is 0 Å². The van der Waals surface area contributed by atoms with Crippen molar-refractivity contribution in [1.82, 2.24) is 9.97 Å². The van der Waals surface area contributed by atoms with E-state index in [9.17, 15) is 14.0 Å². The van der Waals surface area contributed by atoms with Crippen molar-refractivity contribution in [2.45, 2.75) is 31.9 Å². The van der Waals surface area contributed by atoms with Crippen LogP contribution in [-0.2, 0) is 11.2 Å². The zero-order valence-corrected chi connectivity index (χ0v) is 16.2. The van der Waals surface area contributed by atoms with Crippen LogP contribution in [0.4, 0.5) is 21.6 Å². The number of pyridine rings is 1. The Morgan fingerprint density at radius 2 is 1.97 bits per heavy atom. The third kappa shape index (κ3) is 3.47. The lowest BCUT2D eigenvalue weighted by Crippen LogP contribution is -2.15. The Labute approximate surface area is 172 Å². The first-order valence-electron chi connectivity index (χ1n) is 10.1. The van der Waals surface area contributed by atoms with Crippen molar-refractivity contribution in [3.8, 4) is 11.3 Å². The highest BCUT2D eigenvalue weighted by atomic mass is 19.1. The molecule has 3 N–H and O–H groups in total. The first-order valence-corrected chi connectivity index (χ1v) is 10.1.